The van der Waals surface area contributed by atoms with Gasteiger partial charge in [0.2, 0.25) is 0 Å². The van der Waals surface area contributed by atoms with Crippen LogP contribution in [0.3, 0.4) is 0 Å². The molecule has 0 fully saturated rings. The van der Waals surface area contributed by atoms with Crippen molar-refractivity contribution in [3.63, 3.8) is 0 Å². The molecular weight excluding hydrogens is 176 g/mol. The van der Waals surface area contributed by atoms with Gasteiger partial charge in [0.15, 0.2) is 0 Å². The van der Waals surface area contributed by atoms with Gasteiger partial charge in [-0.15, -0.1) is 0 Å². The molecule has 0 aromatic rings. The monoisotopic (exact) mass is 200 g/mol. The molecule has 14 heavy (non-hydrogen) atoms. The quantitative estimate of drug-likeness (QED) is 0.512. The zero-order valence-corrected chi connectivity index (χ0v) is 10.4. The lowest BCUT2D eigenvalue weighted by molar-refractivity contribution is -0.151. The molecule has 0 aliphatic heterocycles. The van der Waals surface area contributed by atoms with Gasteiger partial charge in [-0.05, 0) is 26.2 Å². The van der Waals surface area contributed by atoms with Gasteiger partial charge in [0.05, 0.1) is 0 Å². The van der Waals surface area contributed by atoms with E-state index in [9.17, 15) is 4.79 Å². The highest BCUT2D eigenvalue weighted by Crippen LogP contribution is 2.20. The van der Waals surface area contributed by atoms with E-state index < -0.39 is 0 Å². The van der Waals surface area contributed by atoms with Crippen LogP contribution in [0.5, 0.6) is 0 Å². The van der Waals surface area contributed by atoms with Crippen LogP contribution in [0, 0.1) is 5.92 Å². The molecule has 2 nitrogen and oxygen atoms in total. The van der Waals surface area contributed by atoms with Crippen LogP contribution >= 0.6 is 0 Å². The Bertz CT molecular complexity index is 169. The normalized spacial score (nSPS) is 10.2. The largest absolute Gasteiger partial charge is 0.457 e. The van der Waals surface area contributed by atoms with Gasteiger partial charge in [0, 0.05) is 6.08 Å². The summed E-state index contributed by atoms with van der Waals surface area (Å²) in [7, 11) is 0. The lowest BCUT2D eigenvalue weighted by Crippen LogP contribution is -2.28. The molecule has 84 valence electrons. The minimum atomic E-state index is -0.376. The molecule has 0 rings (SSSR count). The molecular formula is C12H24O2. The third kappa shape index (κ3) is 9.30. The molecule has 0 heterocycles. The fourth-order valence-corrected chi connectivity index (χ4v) is 1.34. The van der Waals surface area contributed by atoms with Gasteiger partial charge in [-0.25, -0.2) is 4.79 Å². The van der Waals surface area contributed by atoms with E-state index in [4.69, 9.17) is 4.74 Å². The maximum atomic E-state index is 10.9. The Labute approximate surface area is 88.3 Å². The van der Waals surface area contributed by atoms with Gasteiger partial charge in [0.25, 0.3) is 0 Å². The first-order chi connectivity index (χ1) is 6.37. The summed E-state index contributed by atoms with van der Waals surface area (Å²) >= 11 is 0. The average Bonchev–Trinajstić information content (AvgIpc) is 2.04. The third-order valence-electron chi connectivity index (χ3n) is 1.44. The van der Waals surface area contributed by atoms with Crippen molar-refractivity contribution in [2.75, 3.05) is 0 Å². The Morgan fingerprint density at radius 1 is 1.43 bits per heavy atom. The number of hydrogen-bond acceptors (Lipinski definition) is 2. The van der Waals surface area contributed by atoms with Crippen LogP contribution in [0.15, 0.2) is 12.7 Å². The first kappa shape index (κ1) is 15.7. The Balaban J connectivity index is 0. The van der Waals surface area contributed by atoms with E-state index in [2.05, 4.69) is 20.4 Å². The smallest absolute Gasteiger partial charge is 0.330 e. The average molecular weight is 200 g/mol. The second-order valence-electron chi connectivity index (χ2n) is 3.98. The molecule has 0 radical (unpaired) electrons. The molecule has 0 aliphatic rings. The van der Waals surface area contributed by atoms with Crippen molar-refractivity contribution in [3.05, 3.63) is 12.7 Å². The summed E-state index contributed by atoms with van der Waals surface area (Å²) in [5.41, 5.74) is -0.376. The van der Waals surface area contributed by atoms with E-state index in [1.165, 1.54) is 6.08 Å². The summed E-state index contributed by atoms with van der Waals surface area (Å²) in [6.45, 7) is 15.4. The second kappa shape index (κ2) is 7.60. The maximum absolute atomic E-state index is 10.9. The van der Waals surface area contributed by atoms with E-state index >= 15 is 0 Å². The van der Waals surface area contributed by atoms with Crippen molar-refractivity contribution < 1.29 is 9.53 Å². The molecule has 0 saturated carbocycles. The number of hydrogen-bond donors (Lipinski definition) is 0. The highest BCUT2D eigenvalue weighted by Gasteiger charge is 2.22. The Hall–Kier alpha value is -0.790. The minimum absolute atomic E-state index is 0.347. The van der Waals surface area contributed by atoms with Crippen molar-refractivity contribution in [2.24, 2.45) is 5.92 Å². The summed E-state index contributed by atoms with van der Waals surface area (Å²) < 4.78 is 5.14. The summed E-state index contributed by atoms with van der Waals surface area (Å²) in [6.07, 6.45) is 2.06. The van der Waals surface area contributed by atoms with Crippen molar-refractivity contribution in [3.8, 4) is 0 Å². The van der Waals surface area contributed by atoms with Crippen LogP contribution in [-0.2, 0) is 9.53 Å². The van der Waals surface area contributed by atoms with Gasteiger partial charge in [-0.3, -0.25) is 0 Å². The van der Waals surface area contributed by atoms with Crippen LogP contribution < -0.4 is 0 Å². The molecule has 0 saturated heterocycles. The van der Waals surface area contributed by atoms with Crippen LogP contribution in [0.4, 0.5) is 0 Å². The third-order valence-corrected chi connectivity index (χ3v) is 1.44. The number of esters is 1. The summed E-state index contributed by atoms with van der Waals surface area (Å²) in [5.74, 6) is 0.179. The number of carbonyl (C=O) groups is 1. The predicted molar refractivity (Wildman–Crippen MR) is 61.2 cm³/mol. The summed E-state index contributed by atoms with van der Waals surface area (Å²) in [6, 6.07) is 0. The van der Waals surface area contributed by atoms with E-state index in [0.29, 0.717) is 5.92 Å². The fourth-order valence-electron chi connectivity index (χ4n) is 1.34. The van der Waals surface area contributed by atoms with Crippen molar-refractivity contribution in [2.45, 2.75) is 53.6 Å². The summed E-state index contributed by atoms with van der Waals surface area (Å²) in [5, 5.41) is 0. The van der Waals surface area contributed by atoms with Crippen LogP contribution in [-0.4, -0.2) is 11.6 Å². The molecule has 0 N–H and O–H groups in total. The van der Waals surface area contributed by atoms with E-state index in [1.807, 2.05) is 27.7 Å². The molecule has 0 unspecified atom stereocenters. The Morgan fingerprint density at radius 3 is 2.14 bits per heavy atom. The molecule has 0 aliphatic carbocycles. The van der Waals surface area contributed by atoms with Crippen molar-refractivity contribution in [1.82, 2.24) is 0 Å². The van der Waals surface area contributed by atoms with Crippen molar-refractivity contribution >= 4 is 5.97 Å². The SMILES string of the molecule is C=CC(=O)OC(C)(C)CC(C)C.CC. The first-order valence-electron chi connectivity index (χ1n) is 5.23. The van der Waals surface area contributed by atoms with Gasteiger partial charge >= 0.3 is 5.97 Å². The Morgan fingerprint density at radius 2 is 1.86 bits per heavy atom. The number of rotatable bonds is 4. The van der Waals surface area contributed by atoms with Crippen LogP contribution in [0.1, 0.15) is 48.0 Å². The molecule has 0 atom stereocenters. The molecule has 0 amide bonds. The zero-order valence-electron chi connectivity index (χ0n) is 10.4. The maximum Gasteiger partial charge on any atom is 0.330 e. The van der Waals surface area contributed by atoms with Crippen molar-refractivity contribution in [1.29, 1.82) is 0 Å². The van der Waals surface area contributed by atoms with Crippen LogP contribution in [0.25, 0.3) is 0 Å². The van der Waals surface area contributed by atoms with Gasteiger partial charge in [-0.2, -0.15) is 0 Å². The molecule has 0 bridgehead atoms. The minimum Gasteiger partial charge on any atom is -0.457 e. The highest BCUT2D eigenvalue weighted by atomic mass is 16.6. The lowest BCUT2D eigenvalue weighted by Gasteiger charge is -2.26. The predicted octanol–water partition coefficient (Wildman–Crippen LogP) is 3.57. The standard InChI is InChI=1S/C10H18O2.C2H6/c1-6-9(11)12-10(4,5)7-8(2)3;1-2/h6,8H,1,7H2,2-5H3;1-2H3. The Kier molecular flexibility index (Phi) is 8.51. The molecule has 0 aromatic heterocycles. The first-order valence-corrected chi connectivity index (χ1v) is 5.23. The van der Waals surface area contributed by atoms with E-state index in [-0.39, 0.29) is 11.6 Å². The zero-order chi connectivity index (χ0) is 11.8. The number of carbonyl (C=O) groups excluding carboxylic acids is 1. The van der Waals surface area contributed by atoms with Gasteiger partial charge in [-0.1, -0.05) is 34.3 Å². The summed E-state index contributed by atoms with van der Waals surface area (Å²) in [4.78, 5) is 10.9. The fraction of sp³-hybridized carbons (Fsp3) is 0.750. The van der Waals surface area contributed by atoms with Crippen LogP contribution in [0.2, 0.25) is 0 Å². The topological polar surface area (TPSA) is 26.3 Å². The van der Waals surface area contributed by atoms with E-state index in [1.54, 1.807) is 0 Å². The molecule has 2 heteroatoms. The molecule has 0 spiro atoms. The van der Waals surface area contributed by atoms with Gasteiger partial charge < -0.3 is 4.74 Å². The highest BCUT2D eigenvalue weighted by molar-refractivity contribution is 5.81. The second-order valence-corrected chi connectivity index (χ2v) is 3.98. The molecule has 0 aromatic carbocycles. The van der Waals surface area contributed by atoms with E-state index in [0.717, 1.165) is 6.42 Å². The van der Waals surface area contributed by atoms with Gasteiger partial charge in [0.1, 0.15) is 5.60 Å². The number of ether oxygens (including phenoxy) is 1. The lowest BCUT2D eigenvalue weighted by atomic mass is 9.96.